The van der Waals surface area contributed by atoms with E-state index >= 15 is 0 Å². The standard InChI is InChI=1S/C5HBrF2N/c6-3-1-2-9-5(8)4(3)7/h2H. The Bertz CT molecular complexity index is 206. The first kappa shape index (κ1) is 6.61. The van der Waals surface area contributed by atoms with Crippen molar-refractivity contribution in [2.24, 2.45) is 0 Å². The largest absolute Gasteiger partial charge is 0.250 e. The molecule has 0 aliphatic rings. The van der Waals surface area contributed by atoms with Gasteiger partial charge < -0.3 is 0 Å². The Morgan fingerprint density at radius 1 is 1.56 bits per heavy atom. The van der Waals surface area contributed by atoms with Crippen LogP contribution in [0.15, 0.2) is 10.7 Å². The third-order valence-electron chi connectivity index (χ3n) is 0.743. The van der Waals surface area contributed by atoms with Gasteiger partial charge in [0.2, 0.25) is 5.95 Å². The second-order valence-corrected chi connectivity index (χ2v) is 2.11. The van der Waals surface area contributed by atoms with Gasteiger partial charge in [-0.3, -0.25) is 0 Å². The molecule has 0 aliphatic heterocycles. The Balaban J connectivity index is 3.25. The van der Waals surface area contributed by atoms with Crippen LogP contribution in [0.25, 0.3) is 0 Å². The van der Waals surface area contributed by atoms with Crippen LogP contribution in [-0.4, -0.2) is 4.98 Å². The molecule has 0 aliphatic carbocycles. The zero-order valence-corrected chi connectivity index (χ0v) is 5.74. The fraction of sp³-hybridized carbons (Fsp3) is 0. The molecule has 1 aromatic rings. The van der Waals surface area contributed by atoms with Gasteiger partial charge >= 0.3 is 0 Å². The highest BCUT2D eigenvalue weighted by Crippen LogP contribution is 2.13. The summed E-state index contributed by atoms with van der Waals surface area (Å²) in [4.78, 5) is 3.01. The van der Waals surface area contributed by atoms with Crippen molar-refractivity contribution in [2.75, 3.05) is 0 Å². The molecule has 0 saturated heterocycles. The van der Waals surface area contributed by atoms with Crippen LogP contribution in [0.3, 0.4) is 0 Å². The first-order valence-electron chi connectivity index (χ1n) is 2.09. The summed E-state index contributed by atoms with van der Waals surface area (Å²) < 4.78 is 24.2. The Morgan fingerprint density at radius 3 is 2.67 bits per heavy atom. The predicted molar refractivity (Wildman–Crippen MR) is 30.7 cm³/mol. The molecular weight excluding hydrogens is 192 g/mol. The molecule has 0 atom stereocenters. The third-order valence-corrected chi connectivity index (χ3v) is 1.32. The normalized spacial score (nSPS) is 9.67. The maximum absolute atomic E-state index is 12.2. The molecule has 1 radical (unpaired) electrons. The summed E-state index contributed by atoms with van der Waals surface area (Å²) in [6.45, 7) is 0. The first-order chi connectivity index (χ1) is 4.22. The van der Waals surface area contributed by atoms with Crippen molar-refractivity contribution in [3.05, 3.63) is 28.5 Å². The van der Waals surface area contributed by atoms with Crippen LogP contribution in [0.2, 0.25) is 0 Å². The van der Waals surface area contributed by atoms with E-state index in [1.807, 2.05) is 0 Å². The average Bonchev–Trinajstić information content (AvgIpc) is 1.83. The number of hydrogen-bond acceptors (Lipinski definition) is 1. The maximum Gasteiger partial charge on any atom is 0.250 e. The monoisotopic (exact) mass is 192 g/mol. The SMILES string of the molecule is Fc1nc[c]c(Br)c1F. The molecule has 4 heteroatoms. The lowest BCUT2D eigenvalue weighted by Gasteiger charge is -1.90. The van der Waals surface area contributed by atoms with Crippen molar-refractivity contribution in [3.63, 3.8) is 0 Å². The molecule has 47 valence electrons. The summed E-state index contributed by atoms with van der Waals surface area (Å²) in [5.74, 6) is -2.11. The minimum atomic E-state index is -1.11. The lowest BCUT2D eigenvalue weighted by molar-refractivity contribution is 0.475. The quantitative estimate of drug-likeness (QED) is 0.573. The Labute approximate surface area is 58.8 Å². The minimum Gasteiger partial charge on any atom is -0.225 e. The van der Waals surface area contributed by atoms with Gasteiger partial charge in [-0.2, -0.15) is 4.39 Å². The van der Waals surface area contributed by atoms with E-state index in [1.54, 1.807) is 0 Å². The molecule has 0 aromatic carbocycles. The molecule has 0 fully saturated rings. The van der Waals surface area contributed by atoms with Gasteiger partial charge in [0.15, 0.2) is 5.82 Å². The fourth-order valence-electron chi connectivity index (χ4n) is 0.356. The van der Waals surface area contributed by atoms with E-state index in [4.69, 9.17) is 0 Å². The number of aromatic nitrogens is 1. The van der Waals surface area contributed by atoms with E-state index in [9.17, 15) is 8.78 Å². The summed E-state index contributed by atoms with van der Waals surface area (Å²) in [6.07, 6.45) is 1.06. The summed E-state index contributed by atoms with van der Waals surface area (Å²) in [5.41, 5.74) is 0. The van der Waals surface area contributed by atoms with Crippen molar-refractivity contribution in [2.45, 2.75) is 0 Å². The highest BCUT2D eigenvalue weighted by Gasteiger charge is 2.04. The number of hydrogen-bond donors (Lipinski definition) is 0. The zero-order valence-electron chi connectivity index (χ0n) is 4.16. The summed E-state index contributed by atoms with van der Waals surface area (Å²) in [5, 5.41) is 0. The van der Waals surface area contributed by atoms with Gasteiger partial charge in [-0.05, 0) is 15.9 Å². The summed E-state index contributed by atoms with van der Waals surface area (Å²) in [6, 6.07) is 2.33. The van der Waals surface area contributed by atoms with E-state index in [0.717, 1.165) is 6.20 Å². The van der Waals surface area contributed by atoms with E-state index in [1.165, 1.54) is 0 Å². The molecule has 0 unspecified atom stereocenters. The van der Waals surface area contributed by atoms with Gasteiger partial charge in [0.05, 0.1) is 4.47 Å². The van der Waals surface area contributed by atoms with Crippen molar-refractivity contribution >= 4 is 15.9 Å². The van der Waals surface area contributed by atoms with Gasteiger partial charge in [-0.25, -0.2) is 9.37 Å². The lowest BCUT2D eigenvalue weighted by Crippen LogP contribution is -1.88. The van der Waals surface area contributed by atoms with Crippen molar-refractivity contribution < 1.29 is 8.78 Å². The van der Waals surface area contributed by atoms with Crippen LogP contribution in [0.4, 0.5) is 8.78 Å². The Kier molecular flexibility index (Phi) is 1.75. The molecule has 9 heavy (non-hydrogen) atoms. The highest BCUT2D eigenvalue weighted by molar-refractivity contribution is 9.10. The summed E-state index contributed by atoms with van der Waals surface area (Å²) >= 11 is 2.74. The highest BCUT2D eigenvalue weighted by atomic mass is 79.9. The van der Waals surface area contributed by atoms with Crippen LogP contribution in [-0.2, 0) is 0 Å². The van der Waals surface area contributed by atoms with Crippen molar-refractivity contribution in [1.82, 2.24) is 4.98 Å². The van der Waals surface area contributed by atoms with Gasteiger partial charge in [0, 0.05) is 12.3 Å². The van der Waals surface area contributed by atoms with Crippen molar-refractivity contribution in [1.29, 1.82) is 0 Å². The first-order valence-corrected chi connectivity index (χ1v) is 2.88. The van der Waals surface area contributed by atoms with Crippen LogP contribution in [0.1, 0.15) is 0 Å². The predicted octanol–water partition coefficient (Wildman–Crippen LogP) is 1.92. The van der Waals surface area contributed by atoms with E-state index in [-0.39, 0.29) is 4.47 Å². The number of halogens is 3. The molecule has 1 heterocycles. The third kappa shape index (κ3) is 1.24. The second kappa shape index (κ2) is 2.39. The molecule has 0 bridgehead atoms. The van der Waals surface area contributed by atoms with E-state index in [0.29, 0.717) is 0 Å². The van der Waals surface area contributed by atoms with E-state index in [2.05, 4.69) is 27.0 Å². The Morgan fingerprint density at radius 2 is 2.22 bits per heavy atom. The van der Waals surface area contributed by atoms with Gasteiger partial charge in [-0.1, -0.05) is 0 Å². The number of nitrogens with zero attached hydrogens (tertiary/aromatic N) is 1. The molecular formula is C5HBrF2N. The van der Waals surface area contributed by atoms with Gasteiger partial charge in [0.1, 0.15) is 0 Å². The van der Waals surface area contributed by atoms with Gasteiger partial charge in [-0.15, -0.1) is 0 Å². The van der Waals surface area contributed by atoms with Crippen LogP contribution < -0.4 is 0 Å². The van der Waals surface area contributed by atoms with Crippen LogP contribution in [0, 0.1) is 17.8 Å². The molecule has 0 amide bonds. The minimum absolute atomic E-state index is 0.0324. The molecule has 1 aromatic heterocycles. The molecule has 1 rings (SSSR count). The van der Waals surface area contributed by atoms with Crippen LogP contribution in [0.5, 0.6) is 0 Å². The molecule has 0 spiro atoms. The van der Waals surface area contributed by atoms with E-state index < -0.39 is 11.8 Å². The topological polar surface area (TPSA) is 12.9 Å². The second-order valence-electron chi connectivity index (χ2n) is 1.32. The molecule has 0 saturated carbocycles. The zero-order chi connectivity index (χ0) is 6.85. The fourth-order valence-corrected chi connectivity index (χ4v) is 0.622. The number of rotatable bonds is 0. The van der Waals surface area contributed by atoms with Gasteiger partial charge in [0.25, 0.3) is 0 Å². The smallest absolute Gasteiger partial charge is 0.225 e. The van der Waals surface area contributed by atoms with Crippen LogP contribution >= 0.6 is 15.9 Å². The molecule has 0 N–H and O–H groups in total. The van der Waals surface area contributed by atoms with Crippen molar-refractivity contribution in [3.8, 4) is 0 Å². The molecule has 1 nitrogen and oxygen atoms in total. The average molecular weight is 193 g/mol. The maximum atomic E-state index is 12.2. The lowest BCUT2D eigenvalue weighted by atomic mass is 10.5. The summed E-state index contributed by atoms with van der Waals surface area (Å²) in [7, 11) is 0. The number of pyridine rings is 1. The Hall–Kier alpha value is -0.510.